The summed E-state index contributed by atoms with van der Waals surface area (Å²) >= 11 is 0. The summed E-state index contributed by atoms with van der Waals surface area (Å²) in [5, 5.41) is 0. The van der Waals surface area contributed by atoms with Crippen LogP contribution in [0.3, 0.4) is 0 Å². The van der Waals surface area contributed by atoms with Gasteiger partial charge in [0, 0.05) is 38.2 Å². The van der Waals surface area contributed by atoms with Crippen LogP contribution in [0.15, 0.2) is 41.4 Å². The molecule has 6 heteroatoms. The fourth-order valence-electron chi connectivity index (χ4n) is 4.20. The van der Waals surface area contributed by atoms with Crippen LogP contribution in [0, 0.1) is 0 Å². The lowest BCUT2D eigenvalue weighted by molar-refractivity contribution is -0.118. The Balaban J connectivity index is 1.51. The second kappa shape index (κ2) is 9.49. The minimum absolute atomic E-state index is 0.198. The Morgan fingerprint density at radius 3 is 2.73 bits per heavy atom. The molecule has 0 amide bonds. The lowest BCUT2D eigenvalue weighted by atomic mass is 9.94. The van der Waals surface area contributed by atoms with Crippen LogP contribution in [0.25, 0.3) is 0 Å². The van der Waals surface area contributed by atoms with Crippen molar-refractivity contribution >= 4 is 11.7 Å². The minimum atomic E-state index is 0.198. The molecular weight excluding hydrogens is 378 g/mol. The molecule has 2 aromatic rings. The van der Waals surface area contributed by atoms with E-state index in [0.717, 1.165) is 55.4 Å². The van der Waals surface area contributed by atoms with E-state index in [1.54, 1.807) is 7.11 Å². The van der Waals surface area contributed by atoms with E-state index in [0.29, 0.717) is 25.3 Å². The third-order valence-electron chi connectivity index (χ3n) is 5.79. The molecule has 1 aromatic carbocycles. The topological polar surface area (TPSA) is 64.0 Å². The van der Waals surface area contributed by atoms with E-state index in [1.165, 1.54) is 5.56 Å². The highest BCUT2D eigenvalue weighted by molar-refractivity contribution is 5.98. The summed E-state index contributed by atoms with van der Waals surface area (Å²) in [4.78, 5) is 24.5. The van der Waals surface area contributed by atoms with E-state index >= 15 is 0 Å². The molecule has 0 spiro atoms. The maximum absolute atomic E-state index is 12.8. The molecule has 0 bridgehead atoms. The molecule has 1 fully saturated rings. The maximum Gasteiger partial charge on any atom is 0.218 e. The van der Waals surface area contributed by atoms with Crippen LogP contribution < -0.4 is 0 Å². The van der Waals surface area contributed by atoms with Crippen molar-refractivity contribution in [2.75, 3.05) is 33.4 Å². The zero-order valence-corrected chi connectivity index (χ0v) is 17.8. The summed E-state index contributed by atoms with van der Waals surface area (Å²) in [6.07, 6.45) is 0.865. The zero-order chi connectivity index (χ0) is 20.9. The van der Waals surface area contributed by atoms with Crippen molar-refractivity contribution in [3.8, 4) is 0 Å². The number of carbonyl (C=O) groups excluding carboxylic acids is 1. The number of ether oxygens (including phenoxy) is 2. The molecule has 6 nitrogen and oxygen atoms in total. The van der Waals surface area contributed by atoms with Gasteiger partial charge in [0.25, 0.3) is 0 Å². The van der Waals surface area contributed by atoms with Crippen LogP contribution >= 0.6 is 0 Å². The molecule has 0 radical (unpaired) electrons. The third-order valence-corrected chi connectivity index (χ3v) is 5.79. The summed E-state index contributed by atoms with van der Waals surface area (Å²) in [6, 6.07) is 12.2. The van der Waals surface area contributed by atoms with Gasteiger partial charge >= 0.3 is 0 Å². The predicted octanol–water partition coefficient (Wildman–Crippen LogP) is 3.13. The van der Waals surface area contributed by atoms with Gasteiger partial charge in [0.05, 0.1) is 38.1 Å². The summed E-state index contributed by atoms with van der Waals surface area (Å²) in [6.45, 7) is 6.65. The van der Waals surface area contributed by atoms with E-state index in [2.05, 4.69) is 28.9 Å². The van der Waals surface area contributed by atoms with Crippen molar-refractivity contribution in [3.63, 3.8) is 0 Å². The van der Waals surface area contributed by atoms with Gasteiger partial charge in [-0.25, -0.2) is 4.99 Å². The van der Waals surface area contributed by atoms with Crippen LogP contribution in [0.1, 0.15) is 47.3 Å². The molecule has 0 N–H and O–H groups in total. The van der Waals surface area contributed by atoms with Gasteiger partial charge in [-0.1, -0.05) is 37.3 Å². The highest BCUT2D eigenvalue weighted by atomic mass is 16.5. The molecule has 1 saturated heterocycles. The number of pyridine rings is 1. The van der Waals surface area contributed by atoms with Crippen molar-refractivity contribution < 1.29 is 14.3 Å². The smallest absolute Gasteiger partial charge is 0.218 e. The average Bonchev–Trinajstić information content (AvgIpc) is 3.18. The number of carbonyl (C=O) groups is 1. The van der Waals surface area contributed by atoms with E-state index in [4.69, 9.17) is 14.5 Å². The Morgan fingerprint density at radius 2 is 2.00 bits per heavy atom. The van der Waals surface area contributed by atoms with Gasteiger partial charge in [-0.2, -0.15) is 0 Å². The number of benzene rings is 1. The number of morpholine rings is 1. The number of ketones is 1. The molecule has 0 unspecified atom stereocenters. The summed E-state index contributed by atoms with van der Waals surface area (Å²) in [5.41, 5.74) is 5.07. The van der Waals surface area contributed by atoms with Crippen molar-refractivity contribution in [3.05, 3.63) is 64.5 Å². The Kier molecular flexibility index (Phi) is 6.55. The number of hydrogen-bond donors (Lipinski definition) is 0. The third kappa shape index (κ3) is 4.77. The SMILES string of the molecule is COC1=NCc2cc(CC(=O)C[C@H](C)c3ccccc3)nc(CN3CCOCC3)c21. The molecule has 2 aliphatic rings. The van der Waals surface area contributed by atoms with E-state index < -0.39 is 0 Å². The first kappa shape index (κ1) is 20.7. The molecule has 0 saturated carbocycles. The number of rotatable bonds is 7. The first-order chi connectivity index (χ1) is 14.6. The molecule has 0 aliphatic carbocycles. The summed E-state index contributed by atoms with van der Waals surface area (Å²) in [7, 11) is 1.65. The number of methoxy groups -OCH3 is 1. The fourth-order valence-corrected chi connectivity index (χ4v) is 4.20. The predicted molar refractivity (Wildman–Crippen MR) is 116 cm³/mol. The summed E-state index contributed by atoms with van der Waals surface area (Å²) < 4.78 is 11.0. The van der Waals surface area contributed by atoms with E-state index in [1.807, 2.05) is 24.3 Å². The molecule has 1 atom stereocenters. The number of aromatic nitrogens is 1. The first-order valence-electron chi connectivity index (χ1n) is 10.6. The zero-order valence-electron chi connectivity index (χ0n) is 17.8. The molecule has 158 valence electrons. The van der Waals surface area contributed by atoms with Gasteiger partial charge in [-0.3, -0.25) is 14.7 Å². The van der Waals surface area contributed by atoms with Crippen LogP contribution in [0.5, 0.6) is 0 Å². The molecular formula is C24H29N3O3. The van der Waals surface area contributed by atoms with Gasteiger partial charge in [0.15, 0.2) is 0 Å². The monoisotopic (exact) mass is 407 g/mol. The second-order valence-corrected chi connectivity index (χ2v) is 8.04. The van der Waals surface area contributed by atoms with Gasteiger partial charge in [-0.15, -0.1) is 0 Å². The van der Waals surface area contributed by atoms with Crippen molar-refractivity contribution in [1.82, 2.24) is 9.88 Å². The minimum Gasteiger partial charge on any atom is -0.481 e. The number of aliphatic imine (C=N–C) groups is 1. The quantitative estimate of drug-likeness (QED) is 0.706. The number of Topliss-reactive ketones (excluding diaryl/α,β-unsaturated/α-hetero) is 1. The van der Waals surface area contributed by atoms with Crippen LogP contribution in [-0.4, -0.2) is 55.0 Å². The second-order valence-electron chi connectivity index (χ2n) is 8.04. The molecule has 1 aromatic heterocycles. The number of fused-ring (bicyclic) bond motifs is 1. The van der Waals surface area contributed by atoms with Crippen molar-refractivity contribution in [1.29, 1.82) is 0 Å². The van der Waals surface area contributed by atoms with E-state index in [-0.39, 0.29) is 11.7 Å². The molecule has 2 aliphatic heterocycles. The molecule has 30 heavy (non-hydrogen) atoms. The Hall–Kier alpha value is -2.57. The first-order valence-corrected chi connectivity index (χ1v) is 10.6. The Morgan fingerprint density at radius 1 is 1.23 bits per heavy atom. The maximum atomic E-state index is 12.8. The lowest BCUT2D eigenvalue weighted by Gasteiger charge is -2.27. The highest BCUT2D eigenvalue weighted by Crippen LogP contribution is 2.26. The molecule has 4 rings (SSSR count). The van der Waals surface area contributed by atoms with Crippen LogP contribution in [-0.2, 0) is 33.8 Å². The van der Waals surface area contributed by atoms with Crippen molar-refractivity contribution in [2.45, 2.75) is 38.8 Å². The molecule has 3 heterocycles. The van der Waals surface area contributed by atoms with Gasteiger partial charge in [-0.05, 0) is 23.1 Å². The largest absolute Gasteiger partial charge is 0.481 e. The highest BCUT2D eigenvalue weighted by Gasteiger charge is 2.25. The lowest BCUT2D eigenvalue weighted by Crippen LogP contribution is -2.36. The Bertz CT molecular complexity index is 921. The van der Waals surface area contributed by atoms with Gasteiger partial charge < -0.3 is 9.47 Å². The van der Waals surface area contributed by atoms with Crippen LogP contribution in [0.4, 0.5) is 0 Å². The normalized spacial score (nSPS) is 17.3. The average molecular weight is 408 g/mol. The van der Waals surface area contributed by atoms with Crippen molar-refractivity contribution in [2.24, 2.45) is 4.99 Å². The summed E-state index contributed by atoms with van der Waals surface area (Å²) in [5.74, 6) is 1.06. The number of hydrogen-bond acceptors (Lipinski definition) is 6. The van der Waals surface area contributed by atoms with Crippen LogP contribution in [0.2, 0.25) is 0 Å². The fraction of sp³-hybridized carbons (Fsp3) is 0.458. The van der Waals surface area contributed by atoms with Gasteiger partial charge in [0.1, 0.15) is 5.78 Å². The van der Waals surface area contributed by atoms with E-state index in [9.17, 15) is 4.79 Å². The Labute approximate surface area is 177 Å². The van der Waals surface area contributed by atoms with Gasteiger partial charge in [0.2, 0.25) is 5.90 Å². The number of nitrogens with zero attached hydrogens (tertiary/aromatic N) is 3. The standard InChI is InChI=1S/C24H29N3O3/c1-17(18-6-4-3-5-7-18)12-21(28)14-20-13-19-15-25-24(29-2)23(19)22(26-20)16-27-8-10-30-11-9-27/h3-7,13,17H,8-12,14-16H2,1-2H3/t17-/m0/s1.